The maximum atomic E-state index is 5.88. The quantitative estimate of drug-likeness (QED) is 0.844. The predicted octanol–water partition coefficient (Wildman–Crippen LogP) is 1.88. The van der Waals surface area contributed by atoms with Crippen molar-refractivity contribution >= 4 is 0 Å². The highest BCUT2D eigenvalue weighted by molar-refractivity contribution is 5.15. The molecule has 5 heteroatoms. The second-order valence-corrected chi connectivity index (χ2v) is 6.88. The first-order valence-electron chi connectivity index (χ1n) is 8.98. The van der Waals surface area contributed by atoms with Gasteiger partial charge >= 0.3 is 0 Å². The summed E-state index contributed by atoms with van der Waals surface area (Å²) in [6.07, 6.45) is 7.15. The van der Waals surface area contributed by atoms with Gasteiger partial charge in [-0.2, -0.15) is 5.10 Å². The van der Waals surface area contributed by atoms with Crippen LogP contribution in [0.15, 0.2) is 42.7 Å². The molecule has 0 unspecified atom stereocenters. The molecule has 0 bridgehead atoms. The van der Waals surface area contributed by atoms with Crippen LogP contribution in [0.3, 0.4) is 0 Å². The molecule has 128 valence electrons. The highest BCUT2D eigenvalue weighted by atomic mass is 16.5. The van der Waals surface area contributed by atoms with Crippen molar-refractivity contribution in [1.82, 2.24) is 20.0 Å². The zero-order valence-corrected chi connectivity index (χ0v) is 14.1. The largest absolute Gasteiger partial charge is 0.374 e. The summed E-state index contributed by atoms with van der Waals surface area (Å²) >= 11 is 0. The van der Waals surface area contributed by atoms with Crippen LogP contribution in [-0.2, 0) is 17.8 Å². The van der Waals surface area contributed by atoms with E-state index in [0.29, 0.717) is 6.10 Å². The molecule has 1 aliphatic carbocycles. The second-order valence-electron chi connectivity index (χ2n) is 6.88. The minimum Gasteiger partial charge on any atom is -0.374 e. The lowest BCUT2D eigenvalue weighted by molar-refractivity contribution is -0.0301. The zero-order valence-electron chi connectivity index (χ0n) is 14.1. The third-order valence-electron chi connectivity index (χ3n) is 4.81. The first-order valence-corrected chi connectivity index (χ1v) is 8.98. The summed E-state index contributed by atoms with van der Waals surface area (Å²) in [5.41, 5.74) is 2.50. The number of nitrogens with zero attached hydrogens (tertiary/aromatic N) is 3. The van der Waals surface area contributed by atoms with Crippen LogP contribution in [0.25, 0.3) is 0 Å². The number of morpholine rings is 1. The van der Waals surface area contributed by atoms with Crippen LogP contribution >= 0.6 is 0 Å². The lowest BCUT2D eigenvalue weighted by Crippen LogP contribution is -2.47. The third-order valence-corrected chi connectivity index (χ3v) is 4.81. The Morgan fingerprint density at radius 1 is 1.17 bits per heavy atom. The van der Waals surface area contributed by atoms with Crippen LogP contribution < -0.4 is 5.32 Å². The Kier molecular flexibility index (Phi) is 4.92. The molecule has 0 spiro atoms. The number of benzene rings is 1. The normalized spacial score (nSPS) is 21.9. The monoisotopic (exact) mass is 326 g/mol. The smallest absolute Gasteiger partial charge is 0.0826 e. The number of rotatable bonds is 7. The molecule has 1 N–H and O–H groups in total. The molecule has 0 radical (unpaired) electrons. The molecule has 1 saturated carbocycles. The van der Waals surface area contributed by atoms with Crippen LogP contribution in [0.4, 0.5) is 0 Å². The van der Waals surface area contributed by atoms with Crippen LogP contribution in [-0.4, -0.2) is 53.1 Å². The van der Waals surface area contributed by atoms with Gasteiger partial charge in [-0.1, -0.05) is 30.3 Å². The molecular formula is C19H26N4O. The Bertz CT molecular complexity index is 638. The fourth-order valence-corrected chi connectivity index (χ4v) is 3.37. The maximum absolute atomic E-state index is 5.88. The average molecular weight is 326 g/mol. The SMILES string of the molecule is c1ccc(Cn2cc(CNC[C@H]3CN(C4CC4)CCO3)cn2)cc1. The van der Waals surface area contributed by atoms with E-state index in [-0.39, 0.29) is 0 Å². The third kappa shape index (κ3) is 4.23. The van der Waals surface area contributed by atoms with Gasteiger partial charge < -0.3 is 10.1 Å². The molecule has 1 aromatic carbocycles. The average Bonchev–Trinajstić information content (AvgIpc) is 3.38. The van der Waals surface area contributed by atoms with Crippen LogP contribution in [0.5, 0.6) is 0 Å². The van der Waals surface area contributed by atoms with Gasteiger partial charge in [0.2, 0.25) is 0 Å². The molecular weight excluding hydrogens is 300 g/mol. The summed E-state index contributed by atoms with van der Waals surface area (Å²) in [6.45, 7) is 5.63. The van der Waals surface area contributed by atoms with Gasteiger partial charge in [0, 0.05) is 44.0 Å². The molecule has 2 heterocycles. The molecule has 2 fully saturated rings. The van der Waals surface area contributed by atoms with E-state index in [2.05, 4.69) is 45.8 Å². The predicted molar refractivity (Wildman–Crippen MR) is 93.8 cm³/mol. The fraction of sp³-hybridized carbons (Fsp3) is 0.526. The van der Waals surface area contributed by atoms with Gasteiger partial charge in [0.05, 0.1) is 25.5 Å². The van der Waals surface area contributed by atoms with Gasteiger partial charge in [0.15, 0.2) is 0 Å². The van der Waals surface area contributed by atoms with E-state index in [1.807, 2.05) is 16.9 Å². The van der Waals surface area contributed by atoms with Crippen molar-refractivity contribution in [3.05, 3.63) is 53.9 Å². The Morgan fingerprint density at radius 2 is 2.04 bits per heavy atom. The molecule has 0 amide bonds. The van der Waals surface area contributed by atoms with E-state index in [0.717, 1.165) is 45.4 Å². The van der Waals surface area contributed by atoms with Crippen molar-refractivity contribution in [2.45, 2.75) is 38.1 Å². The van der Waals surface area contributed by atoms with E-state index in [1.54, 1.807) is 0 Å². The number of nitrogens with one attached hydrogen (secondary N) is 1. The van der Waals surface area contributed by atoms with Gasteiger partial charge in [0.1, 0.15) is 0 Å². The maximum Gasteiger partial charge on any atom is 0.0826 e. The fourth-order valence-electron chi connectivity index (χ4n) is 3.37. The van der Waals surface area contributed by atoms with E-state index in [1.165, 1.54) is 24.0 Å². The standard InChI is InChI=1S/C19H26N4O/c1-2-4-16(5-3-1)13-23-14-17(11-21-23)10-20-12-19-15-22(8-9-24-19)18-6-7-18/h1-5,11,14,18-20H,6-10,12-13,15H2/t19-/m0/s1. The van der Waals surface area contributed by atoms with E-state index in [4.69, 9.17) is 4.74 Å². The Balaban J connectivity index is 1.21. The minimum atomic E-state index is 0.318. The second kappa shape index (κ2) is 7.47. The molecule has 4 rings (SSSR count). The molecule has 2 aromatic rings. The Morgan fingerprint density at radius 3 is 2.88 bits per heavy atom. The topological polar surface area (TPSA) is 42.3 Å². The first-order chi connectivity index (χ1) is 11.9. The molecule has 1 saturated heterocycles. The molecule has 1 aliphatic heterocycles. The zero-order chi connectivity index (χ0) is 16.2. The molecule has 24 heavy (non-hydrogen) atoms. The Labute approximate surface area is 143 Å². The summed E-state index contributed by atoms with van der Waals surface area (Å²) in [5.74, 6) is 0. The van der Waals surface area contributed by atoms with Crippen LogP contribution in [0, 0.1) is 0 Å². The van der Waals surface area contributed by atoms with Crippen molar-refractivity contribution in [3.8, 4) is 0 Å². The number of hydrogen-bond acceptors (Lipinski definition) is 4. The highest BCUT2D eigenvalue weighted by Gasteiger charge is 2.32. The number of aromatic nitrogens is 2. The highest BCUT2D eigenvalue weighted by Crippen LogP contribution is 2.28. The van der Waals surface area contributed by atoms with Gasteiger partial charge in [-0.05, 0) is 18.4 Å². The van der Waals surface area contributed by atoms with Gasteiger partial charge in [-0.15, -0.1) is 0 Å². The van der Waals surface area contributed by atoms with Crippen LogP contribution in [0.2, 0.25) is 0 Å². The molecule has 1 atom stereocenters. The van der Waals surface area contributed by atoms with Crippen LogP contribution in [0.1, 0.15) is 24.0 Å². The molecule has 2 aliphatic rings. The summed E-state index contributed by atoms with van der Waals surface area (Å²) < 4.78 is 7.88. The summed E-state index contributed by atoms with van der Waals surface area (Å²) in [7, 11) is 0. The van der Waals surface area contributed by atoms with Crippen molar-refractivity contribution in [2.24, 2.45) is 0 Å². The van der Waals surface area contributed by atoms with Gasteiger partial charge in [-0.3, -0.25) is 9.58 Å². The summed E-state index contributed by atoms with van der Waals surface area (Å²) in [5, 5.41) is 7.98. The lowest BCUT2D eigenvalue weighted by atomic mass is 10.2. The minimum absolute atomic E-state index is 0.318. The van der Waals surface area contributed by atoms with Crippen molar-refractivity contribution in [1.29, 1.82) is 0 Å². The van der Waals surface area contributed by atoms with Crippen molar-refractivity contribution < 1.29 is 4.74 Å². The number of ether oxygens (including phenoxy) is 1. The first kappa shape index (κ1) is 15.8. The van der Waals surface area contributed by atoms with Crippen molar-refractivity contribution in [2.75, 3.05) is 26.2 Å². The van der Waals surface area contributed by atoms with E-state index in [9.17, 15) is 0 Å². The van der Waals surface area contributed by atoms with Gasteiger partial charge in [0.25, 0.3) is 0 Å². The Hall–Kier alpha value is -1.69. The lowest BCUT2D eigenvalue weighted by Gasteiger charge is -2.33. The summed E-state index contributed by atoms with van der Waals surface area (Å²) in [4.78, 5) is 2.59. The number of hydrogen-bond donors (Lipinski definition) is 1. The van der Waals surface area contributed by atoms with E-state index >= 15 is 0 Å². The molecule has 1 aromatic heterocycles. The summed E-state index contributed by atoms with van der Waals surface area (Å²) in [6, 6.07) is 11.3. The van der Waals surface area contributed by atoms with E-state index < -0.39 is 0 Å². The molecule has 5 nitrogen and oxygen atoms in total. The van der Waals surface area contributed by atoms with Crippen molar-refractivity contribution in [3.63, 3.8) is 0 Å². The van der Waals surface area contributed by atoms with Gasteiger partial charge in [-0.25, -0.2) is 0 Å².